The van der Waals surface area contributed by atoms with Crippen LogP contribution in [0.3, 0.4) is 0 Å². The van der Waals surface area contributed by atoms with Crippen molar-refractivity contribution in [1.82, 2.24) is 9.99 Å². The van der Waals surface area contributed by atoms with Gasteiger partial charge < -0.3 is 10.2 Å². The fraction of sp³-hybridized carbons (Fsp3) is 0.444. The first-order valence-corrected chi connectivity index (χ1v) is 5.36. The molecule has 0 unspecified atom stereocenters. The summed E-state index contributed by atoms with van der Waals surface area (Å²) in [4.78, 5) is 4.29. The monoisotopic (exact) mass is 257 g/mol. The molecule has 0 atom stereocenters. The van der Waals surface area contributed by atoms with E-state index in [4.69, 9.17) is 4.74 Å². The van der Waals surface area contributed by atoms with E-state index < -0.39 is 0 Å². The molecule has 1 aliphatic rings. The van der Waals surface area contributed by atoms with Gasteiger partial charge in [-0.3, -0.25) is 0 Å². The van der Waals surface area contributed by atoms with Crippen molar-refractivity contribution in [3.63, 3.8) is 0 Å². The van der Waals surface area contributed by atoms with Crippen molar-refractivity contribution in [3.8, 4) is 0 Å². The molecule has 5 heteroatoms. The van der Waals surface area contributed by atoms with E-state index in [-0.39, 0.29) is 0 Å². The van der Waals surface area contributed by atoms with Crippen LogP contribution in [0.1, 0.15) is 0 Å². The van der Waals surface area contributed by atoms with Crippen LogP contribution in [0.15, 0.2) is 22.8 Å². The third kappa shape index (κ3) is 2.67. The number of anilines is 1. The van der Waals surface area contributed by atoms with Crippen molar-refractivity contribution >= 4 is 21.7 Å². The number of hydrogen-bond acceptors (Lipinski definition) is 4. The number of hydrogen-bond donors (Lipinski definition) is 1. The average molecular weight is 258 g/mol. The molecule has 0 aromatic carbocycles. The molecule has 0 bridgehead atoms. The van der Waals surface area contributed by atoms with Crippen LogP contribution in [0, 0.1) is 0 Å². The minimum atomic E-state index is 0.779. The Kier molecular flexibility index (Phi) is 3.34. The molecule has 0 aliphatic carbocycles. The molecule has 1 N–H and O–H groups in total. The maximum atomic E-state index is 5.25. The van der Waals surface area contributed by atoms with Crippen LogP contribution >= 0.6 is 15.9 Å². The Morgan fingerprint density at radius 2 is 2.14 bits per heavy atom. The zero-order valence-corrected chi connectivity index (χ0v) is 9.33. The largest absolute Gasteiger partial charge is 0.379 e. The van der Waals surface area contributed by atoms with E-state index in [1.807, 2.05) is 18.2 Å². The molecule has 1 fully saturated rings. The van der Waals surface area contributed by atoms with Gasteiger partial charge in [-0.15, -0.1) is 0 Å². The summed E-state index contributed by atoms with van der Waals surface area (Å²) >= 11 is 3.33. The van der Waals surface area contributed by atoms with Gasteiger partial charge in [-0.05, 0) is 28.1 Å². The number of ether oxygens (including phenoxy) is 1. The Morgan fingerprint density at radius 3 is 2.86 bits per heavy atom. The molecular weight excluding hydrogens is 246 g/mol. The number of rotatable bonds is 2. The average Bonchev–Trinajstić information content (AvgIpc) is 2.19. The number of nitrogens with zero attached hydrogens (tertiary/aromatic N) is 2. The van der Waals surface area contributed by atoms with Crippen molar-refractivity contribution in [2.75, 3.05) is 31.7 Å². The molecule has 4 nitrogen and oxygen atoms in total. The molecular formula is C9H12BrN3O. The van der Waals surface area contributed by atoms with Gasteiger partial charge >= 0.3 is 0 Å². The Bertz CT molecular complexity index is 302. The molecule has 1 aromatic rings. The number of halogens is 1. The van der Waals surface area contributed by atoms with Crippen LogP contribution in [-0.4, -0.2) is 36.3 Å². The van der Waals surface area contributed by atoms with E-state index in [0.717, 1.165) is 36.7 Å². The quantitative estimate of drug-likeness (QED) is 0.816. The fourth-order valence-corrected chi connectivity index (χ4v) is 1.65. The fourth-order valence-electron chi connectivity index (χ4n) is 1.31. The standard InChI is InChI=1S/C9H12BrN3O/c10-8-2-1-3-9(11-8)12-13-4-6-14-7-5-13/h1-3H,4-7H2,(H,11,12). The summed E-state index contributed by atoms with van der Waals surface area (Å²) < 4.78 is 6.09. The van der Waals surface area contributed by atoms with Gasteiger partial charge in [0.2, 0.25) is 0 Å². The molecule has 0 saturated carbocycles. The predicted molar refractivity (Wildman–Crippen MR) is 58.0 cm³/mol. The zero-order chi connectivity index (χ0) is 9.80. The van der Waals surface area contributed by atoms with Crippen molar-refractivity contribution in [2.24, 2.45) is 0 Å². The van der Waals surface area contributed by atoms with Gasteiger partial charge in [-0.2, -0.15) is 0 Å². The Hall–Kier alpha value is -0.650. The normalized spacial score (nSPS) is 18.1. The molecule has 1 aliphatic heterocycles. The molecule has 0 radical (unpaired) electrons. The zero-order valence-electron chi connectivity index (χ0n) is 7.74. The number of morpholine rings is 1. The number of aromatic nitrogens is 1. The highest BCUT2D eigenvalue weighted by atomic mass is 79.9. The first kappa shape index (κ1) is 9.89. The second kappa shape index (κ2) is 4.72. The summed E-state index contributed by atoms with van der Waals surface area (Å²) in [5.74, 6) is 0.862. The van der Waals surface area contributed by atoms with Gasteiger partial charge in [0, 0.05) is 13.1 Å². The second-order valence-electron chi connectivity index (χ2n) is 3.06. The van der Waals surface area contributed by atoms with Crippen molar-refractivity contribution < 1.29 is 4.74 Å². The highest BCUT2D eigenvalue weighted by molar-refractivity contribution is 9.10. The number of hydrazine groups is 1. The van der Waals surface area contributed by atoms with E-state index in [2.05, 4.69) is 31.3 Å². The lowest BCUT2D eigenvalue weighted by Crippen LogP contribution is -2.40. The van der Waals surface area contributed by atoms with E-state index in [0.29, 0.717) is 0 Å². The third-order valence-electron chi connectivity index (χ3n) is 2.00. The predicted octanol–water partition coefficient (Wildman–Crippen LogP) is 1.50. The SMILES string of the molecule is Brc1cccc(NN2CCOCC2)n1. The molecule has 0 spiro atoms. The summed E-state index contributed by atoms with van der Waals surface area (Å²) in [7, 11) is 0. The second-order valence-corrected chi connectivity index (χ2v) is 3.87. The van der Waals surface area contributed by atoms with Gasteiger partial charge in [0.15, 0.2) is 0 Å². The molecule has 2 rings (SSSR count). The van der Waals surface area contributed by atoms with E-state index in [1.54, 1.807) is 0 Å². The molecule has 2 heterocycles. The minimum Gasteiger partial charge on any atom is -0.379 e. The Balaban J connectivity index is 1.95. The number of pyridine rings is 1. The van der Waals surface area contributed by atoms with Gasteiger partial charge in [0.1, 0.15) is 10.4 Å². The van der Waals surface area contributed by atoms with E-state index >= 15 is 0 Å². The minimum absolute atomic E-state index is 0.779. The lowest BCUT2D eigenvalue weighted by Gasteiger charge is -2.27. The van der Waals surface area contributed by atoms with Crippen molar-refractivity contribution in [1.29, 1.82) is 0 Å². The lowest BCUT2D eigenvalue weighted by molar-refractivity contribution is 0.0495. The van der Waals surface area contributed by atoms with Crippen LogP contribution < -0.4 is 5.43 Å². The Morgan fingerprint density at radius 1 is 1.36 bits per heavy atom. The molecule has 76 valence electrons. The summed E-state index contributed by atoms with van der Waals surface area (Å²) in [6.45, 7) is 3.35. The van der Waals surface area contributed by atoms with Crippen LogP contribution in [-0.2, 0) is 4.74 Å². The van der Waals surface area contributed by atoms with Gasteiger partial charge in [-0.25, -0.2) is 9.99 Å². The lowest BCUT2D eigenvalue weighted by atomic mass is 10.4. The van der Waals surface area contributed by atoms with Crippen LogP contribution in [0.25, 0.3) is 0 Å². The highest BCUT2D eigenvalue weighted by Gasteiger charge is 2.09. The number of nitrogens with one attached hydrogen (secondary N) is 1. The Labute approximate surface area is 91.4 Å². The van der Waals surface area contributed by atoms with E-state index in [1.165, 1.54) is 0 Å². The highest BCUT2D eigenvalue weighted by Crippen LogP contribution is 2.11. The molecule has 0 amide bonds. The topological polar surface area (TPSA) is 37.4 Å². The van der Waals surface area contributed by atoms with Crippen molar-refractivity contribution in [3.05, 3.63) is 22.8 Å². The maximum absolute atomic E-state index is 5.25. The van der Waals surface area contributed by atoms with Crippen LogP contribution in [0.4, 0.5) is 5.82 Å². The first-order valence-electron chi connectivity index (χ1n) is 4.56. The maximum Gasteiger partial charge on any atom is 0.141 e. The van der Waals surface area contributed by atoms with Crippen LogP contribution in [0.5, 0.6) is 0 Å². The molecule has 1 aromatic heterocycles. The molecule has 14 heavy (non-hydrogen) atoms. The third-order valence-corrected chi connectivity index (χ3v) is 2.44. The molecule has 1 saturated heterocycles. The van der Waals surface area contributed by atoms with Crippen LogP contribution in [0.2, 0.25) is 0 Å². The van der Waals surface area contributed by atoms with Gasteiger partial charge in [0.25, 0.3) is 0 Å². The summed E-state index contributed by atoms with van der Waals surface area (Å²) in [5, 5.41) is 2.11. The van der Waals surface area contributed by atoms with Crippen molar-refractivity contribution in [2.45, 2.75) is 0 Å². The summed E-state index contributed by atoms with van der Waals surface area (Å²) in [6.07, 6.45) is 0. The van der Waals surface area contributed by atoms with E-state index in [9.17, 15) is 0 Å². The van der Waals surface area contributed by atoms with Gasteiger partial charge in [0.05, 0.1) is 13.2 Å². The first-order chi connectivity index (χ1) is 6.84. The summed E-state index contributed by atoms with van der Waals surface area (Å²) in [6, 6.07) is 5.81. The smallest absolute Gasteiger partial charge is 0.141 e. The summed E-state index contributed by atoms with van der Waals surface area (Å²) in [5.41, 5.74) is 3.23. The van der Waals surface area contributed by atoms with Gasteiger partial charge in [-0.1, -0.05) is 6.07 Å².